The number of nitrogens with zero attached hydrogens (tertiary/aromatic N) is 7. The third-order valence-electron chi connectivity index (χ3n) is 3.07. The van der Waals surface area contributed by atoms with Crippen molar-refractivity contribution in [3.05, 3.63) is 52.2 Å². The highest BCUT2D eigenvalue weighted by Crippen LogP contribution is 2.10. The van der Waals surface area contributed by atoms with Crippen molar-refractivity contribution in [2.24, 2.45) is 5.10 Å². The first kappa shape index (κ1) is 14.5. The maximum atomic E-state index is 11.5. The molecule has 0 saturated carbocycles. The van der Waals surface area contributed by atoms with Crippen LogP contribution in [0.1, 0.15) is 18.2 Å². The number of aryl methyl sites for hydroxylation is 1. The number of rotatable bonds is 4. The Morgan fingerprint density at radius 2 is 2.22 bits per heavy atom. The van der Waals surface area contributed by atoms with E-state index in [0.717, 1.165) is 11.3 Å². The summed E-state index contributed by atoms with van der Waals surface area (Å²) in [7, 11) is 0. The molecule has 1 aromatic carbocycles. The minimum absolute atomic E-state index is 0.177. The molecule has 0 aliphatic carbocycles. The summed E-state index contributed by atoms with van der Waals surface area (Å²) in [6.07, 6.45) is 1.51. The summed E-state index contributed by atoms with van der Waals surface area (Å²) in [5, 5.41) is 22.8. The Morgan fingerprint density at radius 1 is 1.35 bits per heavy atom. The van der Waals surface area contributed by atoms with Gasteiger partial charge in [-0.25, -0.2) is 10.1 Å². The lowest BCUT2D eigenvalue weighted by Crippen LogP contribution is -2.16. The van der Waals surface area contributed by atoms with Gasteiger partial charge >= 0.3 is 0 Å². The van der Waals surface area contributed by atoms with E-state index in [-0.39, 0.29) is 11.5 Å². The van der Waals surface area contributed by atoms with Gasteiger partial charge < -0.3 is 0 Å². The van der Waals surface area contributed by atoms with Crippen LogP contribution in [0.5, 0.6) is 0 Å². The fraction of sp³-hybridized carbons (Fsp3) is 0.154. The maximum absolute atomic E-state index is 11.5. The first-order chi connectivity index (χ1) is 11.1. The molecule has 23 heavy (non-hydrogen) atoms. The van der Waals surface area contributed by atoms with Gasteiger partial charge in [-0.3, -0.25) is 9.78 Å². The van der Waals surface area contributed by atoms with E-state index in [1.807, 2.05) is 31.2 Å². The molecule has 3 rings (SSSR count). The van der Waals surface area contributed by atoms with Gasteiger partial charge in [0, 0.05) is 0 Å². The van der Waals surface area contributed by atoms with Crippen LogP contribution in [0.3, 0.4) is 0 Å². The molecule has 10 heteroatoms. The first-order valence-corrected chi connectivity index (χ1v) is 6.71. The molecule has 0 fully saturated rings. The fourth-order valence-electron chi connectivity index (χ4n) is 1.80. The van der Waals surface area contributed by atoms with Gasteiger partial charge in [-0.15, -0.1) is 15.3 Å². The number of anilines is 1. The number of nitrogens with one attached hydrogen (secondary N) is 2. The average Bonchev–Trinajstić information content (AvgIpc) is 3.10. The Balaban J connectivity index is 1.82. The molecular formula is C13H13N9O. The van der Waals surface area contributed by atoms with Crippen LogP contribution in [0.2, 0.25) is 0 Å². The third-order valence-corrected chi connectivity index (χ3v) is 3.07. The lowest BCUT2D eigenvalue weighted by molar-refractivity contribution is 0.789. The van der Waals surface area contributed by atoms with E-state index in [2.05, 4.69) is 41.2 Å². The van der Waals surface area contributed by atoms with Crippen LogP contribution in [0.25, 0.3) is 5.69 Å². The summed E-state index contributed by atoms with van der Waals surface area (Å²) in [6.45, 7) is 3.40. The van der Waals surface area contributed by atoms with Crippen LogP contribution >= 0.6 is 0 Å². The van der Waals surface area contributed by atoms with Crippen LogP contribution in [-0.4, -0.2) is 41.1 Å². The second-order valence-corrected chi connectivity index (χ2v) is 4.70. The summed E-state index contributed by atoms with van der Waals surface area (Å²) < 4.78 is 1.55. The Labute approximate surface area is 130 Å². The number of tetrazole rings is 1. The first-order valence-electron chi connectivity index (χ1n) is 6.71. The van der Waals surface area contributed by atoms with Crippen LogP contribution in [-0.2, 0) is 0 Å². The van der Waals surface area contributed by atoms with E-state index >= 15 is 0 Å². The zero-order valence-corrected chi connectivity index (χ0v) is 12.4. The second kappa shape index (κ2) is 6.13. The molecule has 0 saturated heterocycles. The van der Waals surface area contributed by atoms with Crippen molar-refractivity contribution in [1.82, 2.24) is 35.4 Å². The van der Waals surface area contributed by atoms with Crippen molar-refractivity contribution in [2.75, 3.05) is 5.43 Å². The zero-order chi connectivity index (χ0) is 16.2. The lowest BCUT2D eigenvalue weighted by atomic mass is 10.1. The Hall–Kier alpha value is -3.43. The maximum Gasteiger partial charge on any atom is 0.274 e. The topological polar surface area (TPSA) is 127 Å². The van der Waals surface area contributed by atoms with Crippen molar-refractivity contribution in [3.63, 3.8) is 0 Å². The van der Waals surface area contributed by atoms with Crippen molar-refractivity contribution in [2.45, 2.75) is 13.8 Å². The number of hydrazone groups is 1. The van der Waals surface area contributed by atoms with Crippen molar-refractivity contribution in [1.29, 1.82) is 0 Å². The Kier molecular flexibility index (Phi) is 3.87. The molecule has 0 radical (unpaired) electrons. The lowest BCUT2D eigenvalue weighted by Gasteiger charge is -2.05. The highest BCUT2D eigenvalue weighted by atomic mass is 16.1. The number of H-pyrrole nitrogens is 1. The quantitative estimate of drug-likeness (QED) is 0.523. The molecule has 0 unspecified atom stereocenters. The highest BCUT2D eigenvalue weighted by Gasteiger charge is 2.03. The SMILES string of the molecule is C/C(=N/Nc1nnc(C)c(=O)[nH]1)c1cccc(-n2cnnn2)c1. The summed E-state index contributed by atoms with van der Waals surface area (Å²) in [4.78, 5) is 14.0. The number of hydrogen-bond acceptors (Lipinski definition) is 8. The van der Waals surface area contributed by atoms with Gasteiger partial charge in [0.05, 0.1) is 11.4 Å². The molecule has 0 aliphatic heterocycles. The van der Waals surface area contributed by atoms with Gasteiger partial charge in [0.1, 0.15) is 12.0 Å². The minimum atomic E-state index is -0.309. The van der Waals surface area contributed by atoms with E-state index in [1.54, 1.807) is 11.6 Å². The molecular weight excluding hydrogens is 298 g/mol. The van der Waals surface area contributed by atoms with E-state index in [4.69, 9.17) is 0 Å². The number of aromatic amines is 1. The van der Waals surface area contributed by atoms with Gasteiger partial charge in [-0.2, -0.15) is 5.10 Å². The predicted molar refractivity (Wildman–Crippen MR) is 82.4 cm³/mol. The standard InChI is InChI=1S/C13H13N9O/c1-8(16-18-13-15-12(23)9(2)17-19-13)10-4-3-5-11(6-10)22-7-14-20-21-22/h3-7H,1-2H3,(H2,15,18,19,23)/b16-8-. The van der Waals surface area contributed by atoms with Gasteiger partial charge in [-0.1, -0.05) is 12.1 Å². The normalized spacial score (nSPS) is 11.5. The molecule has 2 heterocycles. The second-order valence-electron chi connectivity index (χ2n) is 4.70. The molecule has 3 aromatic rings. The molecule has 0 atom stereocenters. The van der Waals surface area contributed by atoms with Crippen LogP contribution in [0, 0.1) is 6.92 Å². The van der Waals surface area contributed by atoms with Crippen molar-refractivity contribution >= 4 is 11.7 Å². The van der Waals surface area contributed by atoms with E-state index in [0.29, 0.717) is 11.4 Å². The number of benzene rings is 1. The van der Waals surface area contributed by atoms with E-state index < -0.39 is 0 Å². The molecule has 10 nitrogen and oxygen atoms in total. The van der Waals surface area contributed by atoms with Gasteiger partial charge in [0.2, 0.25) is 5.95 Å². The molecule has 0 bridgehead atoms. The van der Waals surface area contributed by atoms with E-state index in [9.17, 15) is 4.79 Å². The Bertz CT molecular complexity index is 898. The van der Waals surface area contributed by atoms with Gasteiger partial charge in [0.25, 0.3) is 5.56 Å². The minimum Gasteiger partial charge on any atom is -0.288 e. The van der Waals surface area contributed by atoms with Crippen molar-refractivity contribution < 1.29 is 0 Å². The molecule has 2 aromatic heterocycles. The molecule has 0 amide bonds. The van der Waals surface area contributed by atoms with Crippen LogP contribution in [0.4, 0.5) is 5.95 Å². The average molecular weight is 311 g/mol. The van der Waals surface area contributed by atoms with Crippen molar-refractivity contribution in [3.8, 4) is 5.69 Å². The number of hydrogen-bond donors (Lipinski definition) is 2. The monoisotopic (exact) mass is 311 g/mol. The van der Waals surface area contributed by atoms with Gasteiger partial charge in [-0.05, 0) is 42.0 Å². The molecule has 0 spiro atoms. The summed E-state index contributed by atoms with van der Waals surface area (Å²) in [5.41, 5.74) is 5.04. The Morgan fingerprint density at radius 3 is 2.96 bits per heavy atom. The van der Waals surface area contributed by atoms with Gasteiger partial charge in [0.15, 0.2) is 0 Å². The predicted octanol–water partition coefficient (Wildman–Crippen LogP) is 0.285. The highest BCUT2D eigenvalue weighted by molar-refractivity contribution is 5.99. The largest absolute Gasteiger partial charge is 0.288 e. The fourth-order valence-corrected chi connectivity index (χ4v) is 1.80. The molecule has 0 aliphatic rings. The molecule has 2 N–H and O–H groups in total. The smallest absolute Gasteiger partial charge is 0.274 e. The van der Waals surface area contributed by atoms with Crippen LogP contribution < -0.4 is 11.0 Å². The molecule has 116 valence electrons. The third kappa shape index (κ3) is 3.26. The van der Waals surface area contributed by atoms with E-state index in [1.165, 1.54) is 6.33 Å². The van der Waals surface area contributed by atoms with Crippen LogP contribution in [0.15, 0.2) is 40.5 Å². The number of aromatic nitrogens is 7. The zero-order valence-electron chi connectivity index (χ0n) is 12.4. The summed E-state index contributed by atoms with van der Waals surface area (Å²) >= 11 is 0. The summed E-state index contributed by atoms with van der Waals surface area (Å²) in [6, 6.07) is 7.54. The summed E-state index contributed by atoms with van der Waals surface area (Å²) in [5.74, 6) is 0.177.